The van der Waals surface area contributed by atoms with Crippen molar-refractivity contribution in [1.82, 2.24) is 0 Å². The Morgan fingerprint density at radius 2 is 1.16 bits per heavy atom. The molecule has 3 aromatic carbocycles. The van der Waals surface area contributed by atoms with Crippen LogP contribution in [0.25, 0.3) is 0 Å². The summed E-state index contributed by atoms with van der Waals surface area (Å²) in [6.07, 6.45) is 0. The van der Waals surface area contributed by atoms with Gasteiger partial charge in [0.25, 0.3) is 11.8 Å². The van der Waals surface area contributed by atoms with Crippen LogP contribution in [0.4, 0.5) is 28.9 Å². The fourth-order valence-electron chi connectivity index (χ4n) is 3.74. The van der Waals surface area contributed by atoms with Gasteiger partial charge in [-0.15, -0.1) is 0 Å². The van der Waals surface area contributed by atoms with Gasteiger partial charge in [0.1, 0.15) is 34.4 Å². The van der Waals surface area contributed by atoms with Crippen molar-refractivity contribution in [1.29, 1.82) is 0 Å². The van der Waals surface area contributed by atoms with Gasteiger partial charge in [0, 0.05) is 6.54 Å². The van der Waals surface area contributed by atoms with Crippen molar-refractivity contribution in [3.63, 3.8) is 0 Å². The van der Waals surface area contributed by atoms with E-state index in [1.165, 1.54) is 17.0 Å². The van der Waals surface area contributed by atoms with E-state index < -0.39 is 52.3 Å². The summed E-state index contributed by atoms with van der Waals surface area (Å²) in [5.41, 5.74) is -1.05. The van der Waals surface area contributed by atoms with Gasteiger partial charge >= 0.3 is 0 Å². The average molecular weight is 428 g/mol. The lowest BCUT2D eigenvalue weighted by Gasteiger charge is -2.41. The highest BCUT2D eigenvalue weighted by atomic mass is 19.1. The normalized spacial score (nSPS) is 15.6. The van der Waals surface area contributed by atoms with Gasteiger partial charge in [-0.05, 0) is 43.3 Å². The van der Waals surface area contributed by atoms with E-state index in [1.54, 1.807) is 19.1 Å². The lowest BCUT2D eigenvalue weighted by atomic mass is 10.0. The van der Waals surface area contributed by atoms with E-state index >= 15 is 0 Å². The van der Waals surface area contributed by atoms with E-state index in [2.05, 4.69) is 0 Å². The molecule has 4 nitrogen and oxygen atoms in total. The van der Waals surface area contributed by atoms with Gasteiger partial charge in [0.15, 0.2) is 0 Å². The molecule has 8 heteroatoms. The fraction of sp³-hybridized carbons (Fsp3) is 0.130. The van der Waals surface area contributed by atoms with E-state index in [9.17, 15) is 27.2 Å². The molecule has 1 unspecified atom stereocenters. The number of fused-ring (bicyclic) bond motifs is 1. The predicted molar refractivity (Wildman–Crippen MR) is 107 cm³/mol. The van der Waals surface area contributed by atoms with E-state index in [4.69, 9.17) is 0 Å². The number of carbonyl (C=O) groups is 2. The number of halogens is 4. The molecule has 1 heterocycles. The van der Waals surface area contributed by atoms with E-state index in [-0.39, 0.29) is 17.9 Å². The first-order valence-electron chi connectivity index (χ1n) is 9.43. The highest BCUT2D eigenvalue weighted by molar-refractivity contribution is 6.14. The van der Waals surface area contributed by atoms with Gasteiger partial charge in [-0.3, -0.25) is 9.59 Å². The topological polar surface area (TPSA) is 40.6 Å². The van der Waals surface area contributed by atoms with Crippen molar-refractivity contribution in [3.8, 4) is 0 Å². The molecule has 0 aromatic heterocycles. The quantitative estimate of drug-likeness (QED) is 0.543. The Hall–Kier alpha value is -3.68. The summed E-state index contributed by atoms with van der Waals surface area (Å²) < 4.78 is 56.9. The smallest absolute Gasteiger partial charge is 0.264 e. The van der Waals surface area contributed by atoms with Crippen LogP contribution in [-0.2, 0) is 0 Å². The first-order valence-corrected chi connectivity index (χ1v) is 9.43. The molecule has 0 aliphatic carbocycles. The zero-order valence-corrected chi connectivity index (χ0v) is 16.3. The molecule has 4 rings (SSSR count). The van der Waals surface area contributed by atoms with Gasteiger partial charge in [-0.2, -0.15) is 0 Å². The van der Waals surface area contributed by atoms with Crippen LogP contribution >= 0.6 is 0 Å². The minimum atomic E-state index is -1.01. The Morgan fingerprint density at radius 1 is 0.710 bits per heavy atom. The molecule has 1 aliphatic heterocycles. The van der Waals surface area contributed by atoms with Gasteiger partial charge in [0.2, 0.25) is 0 Å². The SMILES string of the molecule is CC1CN(C(=O)c2c(F)cccc2F)c2ccccc2N1C(=O)c1c(F)cccc1F. The summed E-state index contributed by atoms with van der Waals surface area (Å²) in [6, 6.07) is 11.6. The summed E-state index contributed by atoms with van der Waals surface area (Å²) >= 11 is 0. The second-order valence-electron chi connectivity index (χ2n) is 7.12. The largest absolute Gasteiger partial charge is 0.304 e. The molecule has 0 saturated heterocycles. The molecule has 0 bridgehead atoms. The molecule has 0 radical (unpaired) electrons. The molecule has 1 atom stereocenters. The van der Waals surface area contributed by atoms with Crippen LogP contribution in [0, 0.1) is 23.3 Å². The lowest BCUT2D eigenvalue weighted by molar-refractivity contribution is 0.0943. The van der Waals surface area contributed by atoms with E-state index in [1.807, 2.05) is 0 Å². The molecule has 0 saturated carbocycles. The minimum absolute atomic E-state index is 0.133. The summed E-state index contributed by atoms with van der Waals surface area (Å²) in [6.45, 7) is 1.44. The highest BCUT2D eigenvalue weighted by Gasteiger charge is 2.38. The van der Waals surface area contributed by atoms with Crippen LogP contribution in [0.3, 0.4) is 0 Å². The van der Waals surface area contributed by atoms with Crippen LogP contribution in [0.15, 0.2) is 60.7 Å². The highest BCUT2D eigenvalue weighted by Crippen LogP contribution is 2.38. The number of anilines is 2. The Balaban J connectivity index is 1.80. The molecule has 31 heavy (non-hydrogen) atoms. The first kappa shape index (κ1) is 20.6. The molecule has 0 spiro atoms. The van der Waals surface area contributed by atoms with Crippen LogP contribution in [0.2, 0.25) is 0 Å². The third kappa shape index (κ3) is 3.43. The lowest BCUT2D eigenvalue weighted by Crippen LogP contribution is -2.52. The first-order chi connectivity index (χ1) is 14.8. The van der Waals surface area contributed by atoms with Gasteiger partial charge in [0.05, 0.1) is 17.4 Å². The number of rotatable bonds is 2. The van der Waals surface area contributed by atoms with Gasteiger partial charge in [-0.1, -0.05) is 24.3 Å². The zero-order valence-electron chi connectivity index (χ0n) is 16.3. The summed E-state index contributed by atoms with van der Waals surface area (Å²) in [5, 5.41) is 0. The van der Waals surface area contributed by atoms with Gasteiger partial charge in [-0.25, -0.2) is 17.6 Å². The zero-order chi connectivity index (χ0) is 22.3. The fourth-order valence-corrected chi connectivity index (χ4v) is 3.74. The molecule has 1 aliphatic rings. The second kappa shape index (κ2) is 7.86. The average Bonchev–Trinajstić information content (AvgIpc) is 2.72. The maximum atomic E-state index is 14.2. The Morgan fingerprint density at radius 3 is 1.68 bits per heavy atom. The van der Waals surface area contributed by atoms with E-state index in [0.717, 1.165) is 41.3 Å². The number of hydrogen-bond donors (Lipinski definition) is 0. The summed E-state index contributed by atoms with van der Waals surface area (Å²) in [4.78, 5) is 28.5. The minimum Gasteiger partial charge on any atom is -0.304 e. The molecule has 2 amide bonds. The van der Waals surface area contributed by atoms with Crippen molar-refractivity contribution in [2.45, 2.75) is 13.0 Å². The standard InChI is InChI=1S/C23H16F4N2O2/c1-13-12-28(22(30)20-14(24)6-4-7-15(20)25)18-10-2-3-11-19(18)29(13)23(31)21-16(26)8-5-9-17(21)27/h2-11,13H,12H2,1H3. The van der Waals surface area contributed by atoms with Crippen molar-refractivity contribution >= 4 is 23.2 Å². The van der Waals surface area contributed by atoms with Crippen molar-refractivity contribution in [2.75, 3.05) is 16.3 Å². The van der Waals surface area contributed by atoms with Crippen LogP contribution in [-0.4, -0.2) is 24.4 Å². The molecule has 0 fully saturated rings. The summed E-state index contributed by atoms with van der Waals surface area (Å²) in [5.74, 6) is -5.88. The maximum absolute atomic E-state index is 14.2. The summed E-state index contributed by atoms with van der Waals surface area (Å²) in [7, 11) is 0. The maximum Gasteiger partial charge on any atom is 0.264 e. The van der Waals surface area contributed by atoms with Crippen molar-refractivity contribution in [3.05, 3.63) is 95.1 Å². The molecule has 0 N–H and O–H groups in total. The van der Waals surface area contributed by atoms with Gasteiger partial charge < -0.3 is 9.80 Å². The number of amides is 2. The van der Waals surface area contributed by atoms with Crippen molar-refractivity contribution in [2.24, 2.45) is 0 Å². The van der Waals surface area contributed by atoms with Crippen LogP contribution < -0.4 is 9.80 Å². The second-order valence-corrected chi connectivity index (χ2v) is 7.12. The Kier molecular flexibility index (Phi) is 5.22. The number of hydrogen-bond acceptors (Lipinski definition) is 2. The molecular formula is C23H16F4N2O2. The monoisotopic (exact) mass is 428 g/mol. The Bertz CT molecular complexity index is 1160. The number of carbonyl (C=O) groups excluding carboxylic acids is 2. The molecular weight excluding hydrogens is 412 g/mol. The van der Waals surface area contributed by atoms with Crippen LogP contribution in [0.1, 0.15) is 27.6 Å². The third-order valence-corrected chi connectivity index (χ3v) is 5.14. The number of nitrogens with zero attached hydrogens (tertiary/aromatic N) is 2. The van der Waals surface area contributed by atoms with Crippen molar-refractivity contribution < 1.29 is 27.2 Å². The number of para-hydroxylation sites is 2. The van der Waals surface area contributed by atoms with Crippen LogP contribution in [0.5, 0.6) is 0 Å². The Labute approximate surface area is 175 Å². The number of benzene rings is 3. The molecule has 3 aromatic rings. The molecule has 158 valence electrons. The van der Waals surface area contributed by atoms with E-state index in [0.29, 0.717) is 0 Å². The predicted octanol–water partition coefficient (Wildman–Crippen LogP) is 4.94. The third-order valence-electron chi connectivity index (χ3n) is 5.14.